The van der Waals surface area contributed by atoms with Gasteiger partial charge in [0.1, 0.15) is 5.82 Å². The predicted molar refractivity (Wildman–Crippen MR) is 55.5 cm³/mol. The minimum atomic E-state index is 0. The normalized spacial score (nSPS) is 10.0. The number of rotatable bonds is 1. The maximum atomic E-state index is 5.51. The third-order valence-corrected chi connectivity index (χ3v) is 1.90. The maximum absolute atomic E-state index is 5.51. The first-order chi connectivity index (χ1) is 5.79. The summed E-state index contributed by atoms with van der Waals surface area (Å²) in [6.45, 7) is 2.52. The van der Waals surface area contributed by atoms with Crippen molar-refractivity contribution < 1.29 is 0 Å². The largest absolute Gasteiger partial charge is 0.342 e. The summed E-state index contributed by atoms with van der Waals surface area (Å²) in [4.78, 5) is 7.46. The fraction of sp³-hybridized carbons (Fsp3) is 0.300. The van der Waals surface area contributed by atoms with Gasteiger partial charge in [0, 0.05) is 6.54 Å². The molecule has 0 bridgehead atoms. The van der Waals surface area contributed by atoms with Crippen molar-refractivity contribution in [2.45, 2.75) is 20.9 Å². The van der Waals surface area contributed by atoms with Crippen LogP contribution >= 0.6 is 0 Å². The van der Waals surface area contributed by atoms with Crippen molar-refractivity contribution in [3.63, 3.8) is 0 Å². The average Bonchev–Trinajstić information content (AvgIpc) is 2.43. The lowest BCUT2D eigenvalue weighted by atomic mass is 10.2. The number of nitrogens with one attached hydrogen (secondary N) is 1. The van der Waals surface area contributed by atoms with Crippen molar-refractivity contribution >= 4 is 11.0 Å². The van der Waals surface area contributed by atoms with Gasteiger partial charge in [-0.2, -0.15) is 0 Å². The Hall–Kier alpha value is -1.35. The van der Waals surface area contributed by atoms with Crippen LogP contribution in [-0.2, 0) is 6.54 Å². The number of aromatic amines is 1. The molecule has 0 radical (unpaired) electrons. The van der Waals surface area contributed by atoms with E-state index in [2.05, 4.69) is 9.97 Å². The molecule has 2 rings (SSSR count). The van der Waals surface area contributed by atoms with Crippen LogP contribution in [0, 0.1) is 6.92 Å². The zero-order valence-electron chi connectivity index (χ0n) is 6.96. The summed E-state index contributed by atoms with van der Waals surface area (Å²) in [5.41, 5.74) is 8.71. The summed E-state index contributed by atoms with van der Waals surface area (Å²) in [5.74, 6) is 0.944. The lowest BCUT2D eigenvalue weighted by Crippen LogP contribution is -1.95. The Bertz CT molecular complexity index is 403. The number of nitrogens with two attached hydrogens (primary N) is 1. The van der Waals surface area contributed by atoms with E-state index in [1.165, 1.54) is 0 Å². The van der Waals surface area contributed by atoms with E-state index < -0.39 is 0 Å². The van der Waals surface area contributed by atoms with Gasteiger partial charge in [-0.1, -0.05) is 13.5 Å². The quantitative estimate of drug-likeness (QED) is 0.699. The maximum Gasteiger partial charge on any atom is 0.104 e. The molecule has 0 unspecified atom stereocenters. The van der Waals surface area contributed by atoms with Crippen molar-refractivity contribution in [1.29, 1.82) is 0 Å². The Kier molecular flexibility index (Phi) is 2.68. The third-order valence-electron chi connectivity index (χ3n) is 1.90. The standard InChI is InChI=1S/C9H11N3.CH4/c1-6-11-8-3-2-7(5-10)4-9(8)12-6;/h2-4H,5,10H2,1H3,(H,11,12);1H4. The number of hydrogen-bond donors (Lipinski definition) is 2. The number of benzene rings is 1. The molecule has 0 saturated heterocycles. The van der Waals surface area contributed by atoms with E-state index in [0.29, 0.717) is 6.54 Å². The highest BCUT2D eigenvalue weighted by atomic mass is 14.9. The van der Waals surface area contributed by atoms with Crippen molar-refractivity contribution in [3.8, 4) is 0 Å². The second-order valence-corrected chi connectivity index (χ2v) is 2.88. The van der Waals surface area contributed by atoms with E-state index >= 15 is 0 Å². The van der Waals surface area contributed by atoms with Gasteiger partial charge in [0.25, 0.3) is 0 Å². The van der Waals surface area contributed by atoms with Gasteiger partial charge in [0.2, 0.25) is 0 Å². The Morgan fingerprint density at radius 1 is 1.46 bits per heavy atom. The second-order valence-electron chi connectivity index (χ2n) is 2.88. The molecule has 13 heavy (non-hydrogen) atoms. The molecule has 1 heterocycles. The first-order valence-electron chi connectivity index (χ1n) is 3.95. The van der Waals surface area contributed by atoms with Crippen LogP contribution in [-0.4, -0.2) is 9.97 Å². The molecule has 0 spiro atoms. The molecule has 0 aliphatic rings. The molecule has 1 aromatic carbocycles. The van der Waals surface area contributed by atoms with Crippen LogP contribution in [0.4, 0.5) is 0 Å². The summed E-state index contributed by atoms with van der Waals surface area (Å²) in [6.07, 6.45) is 0. The average molecular weight is 177 g/mol. The number of aromatic nitrogens is 2. The van der Waals surface area contributed by atoms with Gasteiger partial charge >= 0.3 is 0 Å². The van der Waals surface area contributed by atoms with Crippen molar-refractivity contribution in [1.82, 2.24) is 9.97 Å². The van der Waals surface area contributed by atoms with Crippen molar-refractivity contribution in [2.75, 3.05) is 0 Å². The highest BCUT2D eigenvalue weighted by molar-refractivity contribution is 5.75. The summed E-state index contributed by atoms with van der Waals surface area (Å²) in [6, 6.07) is 6.03. The third kappa shape index (κ3) is 1.70. The molecule has 1 aromatic heterocycles. The number of hydrogen-bond acceptors (Lipinski definition) is 2. The number of imidazole rings is 1. The SMILES string of the molecule is C.Cc1nc2ccc(CN)cc2[nH]1. The lowest BCUT2D eigenvalue weighted by molar-refractivity contribution is 1.07. The smallest absolute Gasteiger partial charge is 0.104 e. The van der Waals surface area contributed by atoms with Gasteiger partial charge in [0.05, 0.1) is 11.0 Å². The number of nitrogens with zero attached hydrogens (tertiary/aromatic N) is 1. The number of fused-ring (bicyclic) bond motifs is 1. The van der Waals surface area contributed by atoms with Gasteiger partial charge < -0.3 is 10.7 Å². The van der Waals surface area contributed by atoms with Crippen molar-refractivity contribution in [3.05, 3.63) is 29.6 Å². The van der Waals surface area contributed by atoms with Gasteiger partial charge in [-0.25, -0.2) is 4.98 Å². The number of aryl methyl sites for hydroxylation is 1. The molecule has 0 amide bonds. The highest BCUT2D eigenvalue weighted by Crippen LogP contribution is 2.12. The first kappa shape index (κ1) is 9.74. The molecule has 0 aliphatic heterocycles. The van der Waals surface area contributed by atoms with Crippen molar-refractivity contribution in [2.24, 2.45) is 5.73 Å². The summed E-state index contributed by atoms with van der Waals surface area (Å²) >= 11 is 0. The van der Waals surface area contributed by atoms with Crippen LogP contribution < -0.4 is 5.73 Å². The van der Waals surface area contributed by atoms with E-state index in [0.717, 1.165) is 22.4 Å². The highest BCUT2D eigenvalue weighted by Gasteiger charge is 1.98. The molecular formula is C10H15N3. The van der Waals surface area contributed by atoms with Crippen LogP contribution in [0.5, 0.6) is 0 Å². The molecule has 3 N–H and O–H groups in total. The predicted octanol–water partition coefficient (Wildman–Crippen LogP) is 1.97. The molecule has 70 valence electrons. The molecule has 0 atom stereocenters. The van der Waals surface area contributed by atoms with Crippen LogP contribution in [0.25, 0.3) is 11.0 Å². The van der Waals surface area contributed by atoms with Gasteiger partial charge in [-0.05, 0) is 24.6 Å². The Labute approximate surface area is 78.0 Å². The first-order valence-corrected chi connectivity index (χ1v) is 3.95. The molecule has 0 fully saturated rings. The fourth-order valence-electron chi connectivity index (χ4n) is 1.31. The van der Waals surface area contributed by atoms with E-state index in [9.17, 15) is 0 Å². The lowest BCUT2D eigenvalue weighted by Gasteiger charge is -1.93. The van der Waals surface area contributed by atoms with E-state index in [4.69, 9.17) is 5.73 Å². The second kappa shape index (κ2) is 3.58. The minimum absolute atomic E-state index is 0. The summed E-state index contributed by atoms with van der Waals surface area (Å²) in [5, 5.41) is 0. The molecule has 0 saturated carbocycles. The van der Waals surface area contributed by atoms with Crippen LogP contribution in [0.2, 0.25) is 0 Å². The summed E-state index contributed by atoms with van der Waals surface area (Å²) in [7, 11) is 0. The Morgan fingerprint density at radius 3 is 2.92 bits per heavy atom. The van der Waals surface area contributed by atoms with E-state index in [1.807, 2.05) is 25.1 Å². The van der Waals surface area contributed by atoms with Crippen LogP contribution in [0.1, 0.15) is 18.8 Å². The minimum Gasteiger partial charge on any atom is -0.342 e. The monoisotopic (exact) mass is 177 g/mol. The number of H-pyrrole nitrogens is 1. The van der Waals surface area contributed by atoms with Gasteiger partial charge in [-0.3, -0.25) is 0 Å². The topological polar surface area (TPSA) is 54.7 Å². The molecule has 3 nitrogen and oxygen atoms in total. The zero-order chi connectivity index (χ0) is 8.55. The van der Waals surface area contributed by atoms with E-state index in [-0.39, 0.29) is 7.43 Å². The zero-order valence-corrected chi connectivity index (χ0v) is 6.96. The summed E-state index contributed by atoms with van der Waals surface area (Å²) < 4.78 is 0. The molecule has 2 aromatic rings. The Balaban J connectivity index is 0.000000845. The fourth-order valence-corrected chi connectivity index (χ4v) is 1.31. The van der Waals surface area contributed by atoms with Crippen LogP contribution in [0.15, 0.2) is 18.2 Å². The molecule has 3 heteroatoms. The van der Waals surface area contributed by atoms with Crippen LogP contribution in [0.3, 0.4) is 0 Å². The molecular weight excluding hydrogens is 162 g/mol. The molecule has 0 aliphatic carbocycles. The Morgan fingerprint density at radius 2 is 2.23 bits per heavy atom. The van der Waals surface area contributed by atoms with Gasteiger partial charge in [0.15, 0.2) is 0 Å². The van der Waals surface area contributed by atoms with E-state index in [1.54, 1.807) is 0 Å². The van der Waals surface area contributed by atoms with Gasteiger partial charge in [-0.15, -0.1) is 0 Å².